The monoisotopic (exact) mass is 700 g/mol. The van der Waals surface area contributed by atoms with Crippen LogP contribution in [0, 0.1) is 62.6 Å². The number of aromatic nitrogens is 3. The number of ether oxygens (including phenoxy) is 2. The smallest absolute Gasteiger partial charge is 0.307 e. The third-order valence-electron chi connectivity index (χ3n) is 16.8. The van der Waals surface area contributed by atoms with Gasteiger partial charge in [-0.15, -0.1) is 0 Å². The summed E-state index contributed by atoms with van der Waals surface area (Å²) >= 11 is 6.82. The van der Waals surface area contributed by atoms with Crippen LogP contribution in [0.25, 0.3) is 0 Å². The summed E-state index contributed by atoms with van der Waals surface area (Å²) < 4.78 is 15.9. The maximum atomic E-state index is 13.5. The molecule has 8 nitrogen and oxygen atoms in total. The van der Waals surface area contributed by atoms with Gasteiger partial charge in [-0.1, -0.05) is 74.0 Å². The summed E-state index contributed by atoms with van der Waals surface area (Å²) in [6.07, 6.45) is 9.66. The van der Waals surface area contributed by atoms with Crippen LogP contribution in [0.15, 0.2) is 18.0 Å². The van der Waals surface area contributed by atoms with Crippen molar-refractivity contribution in [3.8, 4) is 0 Å². The van der Waals surface area contributed by atoms with Crippen molar-refractivity contribution in [2.45, 2.75) is 125 Å². The average molecular weight is 701 g/mol. The Labute approximate surface area is 301 Å². The summed E-state index contributed by atoms with van der Waals surface area (Å²) in [5.74, 6) is 0.784. The molecule has 276 valence electrons. The van der Waals surface area contributed by atoms with Gasteiger partial charge < -0.3 is 19.5 Å². The number of hydrogen-bond acceptors (Lipinski definition) is 6. The van der Waals surface area contributed by atoms with Gasteiger partial charge in [0.2, 0.25) is 5.28 Å². The van der Waals surface area contributed by atoms with Crippen molar-refractivity contribution >= 4 is 17.6 Å². The second-order valence-electron chi connectivity index (χ2n) is 19.2. The molecule has 0 spiro atoms. The number of aliphatic carboxylic acids is 1. The summed E-state index contributed by atoms with van der Waals surface area (Å²) in [6, 6.07) is -0.104. The number of hydrogen-bond donors (Lipinski definition) is 1. The van der Waals surface area contributed by atoms with E-state index in [0.717, 1.165) is 38.5 Å². The molecule has 4 aliphatic carbocycles. The van der Waals surface area contributed by atoms with Crippen LogP contribution in [-0.4, -0.2) is 76.3 Å². The Morgan fingerprint density at radius 1 is 1.12 bits per heavy atom. The average Bonchev–Trinajstić information content (AvgIpc) is 3.45. The Balaban J connectivity index is 1.45. The standard InChI is InChI=1S/C40H65ClN4O4/c1-24(2)26(5)35(6)17-18-37(8)27-13-14-30-36(7)20-48-22-40(30,28(27)15-16-38(37,9)31(35)33(46)47)19-29(45-34(41)42-23-43-45)32(36)49-21-39(10,25(3)4)44(11)12/h15,23-27,29-32H,13-14,16-22H2,1-12H3,(H,46,47)/t26-,27+,29-,30+,31-,32+,35-,36+,37-,38+,39?,40+/m1/s1. The van der Waals surface area contributed by atoms with Gasteiger partial charge in [0.1, 0.15) is 6.33 Å². The van der Waals surface area contributed by atoms with Crippen molar-refractivity contribution in [2.75, 3.05) is 33.9 Å². The van der Waals surface area contributed by atoms with E-state index in [1.807, 2.05) is 4.68 Å². The maximum absolute atomic E-state index is 13.5. The lowest BCUT2D eigenvalue weighted by Crippen LogP contribution is -2.69. The van der Waals surface area contributed by atoms with Crippen LogP contribution in [0.3, 0.4) is 0 Å². The molecule has 9 heteroatoms. The second kappa shape index (κ2) is 12.3. The van der Waals surface area contributed by atoms with E-state index in [-0.39, 0.29) is 44.8 Å². The van der Waals surface area contributed by atoms with Gasteiger partial charge in [-0.2, -0.15) is 5.10 Å². The number of rotatable bonds is 9. The number of allylic oxidation sites excluding steroid dienone is 1. The highest BCUT2D eigenvalue weighted by molar-refractivity contribution is 6.28. The van der Waals surface area contributed by atoms with Crippen LogP contribution in [0.2, 0.25) is 5.28 Å². The van der Waals surface area contributed by atoms with E-state index in [2.05, 4.69) is 99.3 Å². The molecule has 1 unspecified atom stereocenters. The fourth-order valence-electron chi connectivity index (χ4n) is 12.7. The normalized spacial score (nSPS) is 43.8. The highest BCUT2D eigenvalue weighted by Crippen LogP contribution is 2.75. The van der Waals surface area contributed by atoms with E-state index in [1.54, 1.807) is 6.33 Å². The molecule has 4 fully saturated rings. The van der Waals surface area contributed by atoms with Gasteiger partial charge in [0.05, 0.1) is 37.9 Å². The van der Waals surface area contributed by atoms with Gasteiger partial charge in [-0.25, -0.2) is 9.67 Å². The highest BCUT2D eigenvalue weighted by Gasteiger charge is 2.72. The van der Waals surface area contributed by atoms with Crippen LogP contribution >= 0.6 is 11.6 Å². The molecular formula is C40H65ClN4O4. The molecule has 2 heterocycles. The lowest BCUT2D eigenvalue weighted by Gasteiger charge is -2.71. The SMILES string of the molecule is CC(C)[C@@H](C)[C@@]1(C)CC[C@]2(C)[C@H]3CC[C@@H]4[C@@]5(COC[C@]4(C)[C@@H](OCC(C)(C(C)C)N(C)C)[C@H](n4ncnc4Cl)C5)C3=CC[C@@]2(C)[C@@H]1C(=O)O. The van der Waals surface area contributed by atoms with E-state index in [4.69, 9.17) is 26.2 Å². The molecule has 2 bridgehead atoms. The molecule has 12 atom stereocenters. The third kappa shape index (κ3) is 5.10. The number of carbonyl (C=O) groups is 1. The molecule has 1 aromatic heterocycles. The predicted molar refractivity (Wildman–Crippen MR) is 194 cm³/mol. The van der Waals surface area contributed by atoms with Gasteiger partial charge in [0.25, 0.3) is 0 Å². The number of fused-ring (bicyclic) bond motifs is 3. The van der Waals surface area contributed by atoms with Crippen LogP contribution in [0.1, 0.15) is 114 Å². The van der Waals surface area contributed by atoms with Crippen molar-refractivity contribution in [3.63, 3.8) is 0 Å². The first-order chi connectivity index (χ1) is 22.7. The molecule has 49 heavy (non-hydrogen) atoms. The van der Waals surface area contributed by atoms with Crippen molar-refractivity contribution in [2.24, 2.45) is 62.6 Å². The molecule has 0 radical (unpaired) electrons. The Morgan fingerprint density at radius 2 is 1.82 bits per heavy atom. The Hall–Kier alpha value is -1.48. The predicted octanol–water partition coefficient (Wildman–Crippen LogP) is 8.42. The highest BCUT2D eigenvalue weighted by atomic mass is 35.5. The molecule has 1 aromatic rings. The van der Waals surface area contributed by atoms with Crippen molar-refractivity contribution in [1.29, 1.82) is 0 Å². The maximum Gasteiger partial charge on any atom is 0.307 e. The lowest BCUT2D eigenvalue weighted by molar-refractivity contribution is -0.255. The summed E-state index contributed by atoms with van der Waals surface area (Å²) in [5, 5.41) is 16.2. The van der Waals surface area contributed by atoms with E-state index < -0.39 is 11.9 Å². The second-order valence-corrected chi connectivity index (χ2v) is 19.6. The van der Waals surface area contributed by atoms with Crippen LogP contribution in [0.5, 0.6) is 0 Å². The van der Waals surface area contributed by atoms with Crippen molar-refractivity contribution in [3.05, 3.63) is 23.3 Å². The molecule has 0 amide bonds. The van der Waals surface area contributed by atoms with Gasteiger partial charge in [-0.05, 0) is 117 Å². The number of carboxylic acid groups (broad SMARTS) is 1. The lowest BCUT2D eigenvalue weighted by atomic mass is 9.34. The molecule has 1 N–H and O–H groups in total. The first-order valence-electron chi connectivity index (χ1n) is 19.1. The molecule has 1 aliphatic heterocycles. The summed E-state index contributed by atoms with van der Waals surface area (Å²) in [6.45, 7) is 25.0. The third-order valence-corrected chi connectivity index (χ3v) is 17.0. The minimum Gasteiger partial charge on any atom is -0.481 e. The number of likely N-dealkylation sites (N-methyl/N-ethyl adjacent to an activating group) is 1. The Morgan fingerprint density at radius 3 is 2.39 bits per heavy atom. The first kappa shape index (κ1) is 37.3. The Kier molecular flexibility index (Phi) is 9.36. The van der Waals surface area contributed by atoms with Gasteiger partial charge in [0, 0.05) is 16.4 Å². The van der Waals surface area contributed by atoms with E-state index in [0.29, 0.717) is 54.7 Å². The molecule has 0 aromatic carbocycles. The minimum atomic E-state index is -0.620. The van der Waals surface area contributed by atoms with Crippen molar-refractivity contribution < 1.29 is 19.4 Å². The zero-order valence-corrected chi connectivity index (χ0v) is 33.2. The van der Waals surface area contributed by atoms with Crippen LogP contribution < -0.4 is 0 Å². The number of nitrogens with zero attached hydrogens (tertiary/aromatic N) is 4. The first-order valence-corrected chi connectivity index (χ1v) is 19.5. The molecule has 3 saturated carbocycles. The summed E-state index contributed by atoms with van der Waals surface area (Å²) in [5.41, 5.74) is 0.144. The quantitative estimate of drug-likeness (QED) is 0.259. The number of carboxylic acids is 1. The minimum absolute atomic E-state index is 0.104. The molecule has 6 rings (SSSR count). The van der Waals surface area contributed by atoms with Crippen LogP contribution in [-0.2, 0) is 14.3 Å². The van der Waals surface area contributed by atoms with Gasteiger partial charge in [0.15, 0.2) is 0 Å². The molecule has 5 aliphatic rings. The zero-order valence-electron chi connectivity index (χ0n) is 32.5. The van der Waals surface area contributed by atoms with Crippen LogP contribution in [0.4, 0.5) is 0 Å². The summed E-state index contributed by atoms with van der Waals surface area (Å²) in [7, 11) is 4.29. The fraction of sp³-hybridized carbons (Fsp3) is 0.875. The van der Waals surface area contributed by atoms with E-state index in [9.17, 15) is 9.90 Å². The Bertz CT molecular complexity index is 1450. The molecule has 1 saturated heterocycles. The van der Waals surface area contributed by atoms with Crippen molar-refractivity contribution in [1.82, 2.24) is 19.7 Å². The van der Waals surface area contributed by atoms with E-state index in [1.165, 1.54) is 5.57 Å². The molecular weight excluding hydrogens is 636 g/mol. The topological polar surface area (TPSA) is 89.7 Å². The van der Waals surface area contributed by atoms with E-state index >= 15 is 0 Å². The number of halogens is 1. The summed E-state index contributed by atoms with van der Waals surface area (Å²) in [4.78, 5) is 20.1. The fourth-order valence-corrected chi connectivity index (χ4v) is 12.9. The largest absolute Gasteiger partial charge is 0.481 e. The van der Waals surface area contributed by atoms with Gasteiger partial charge in [-0.3, -0.25) is 4.79 Å². The zero-order chi connectivity index (χ0) is 36.1. The van der Waals surface area contributed by atoms with Gasteiger partial charge >= 0.3 is 5.97 Å².